The predicted octanol–water partition coefficient (Wildman–Crippen LogP) is 4.77. The second-order valence-electron chi connectivity index (χ2n) is 5.59. The maximum Gasteiger partial charge on any atom is 0.339 e. The number of carboxylic acids is 1. The SMILES string of the molecule is O=C(O)c1cccc(S(=O)(=O)Nc2ccccc2)c1Oc1ccc(F)cc1Cl. The number of rotatable bonds is 6. The van der Waals surface area contributed by atoms with Gasteiger partial charge in [-0.05, 0) is 42.5 Å². The van der Waals surface area contributed by atoms with E-state index in [2.05, 4.69) is 4.72 Å². The minimum atomic E-state index is -4.20. The molecule has 0 unspecified atom stereocenters. The molecule has 0 fully saturated rings. The van der Waals surface area contributed by atoms with Crippen LogP contribution in [0.15, 0.2) is 71.6 Å². The Morgan fingerprint density at radius 3 is 2.39 bits per heavy atom. The van der Waals surface area contributed by atoms with Crippen molar-refractivity contribution >= 4 is 33.3 Å². The highest BCUT2D eigenvalue weighted by molar-refractivity contribution is 7.92. The zero-order valence-electron chi connectivity index (χ0n) is 14.1. The van der Waals surface area contributed by atoms with Crippen LogP contribution in [-0.4, -0.2) is 19.5 Å². The van der Waals surface area contributed by atoms with Gasteiger partial charge in [0, 0.05) is 5.69 Å². The molecule has 0 atom stereocenters. The third kappa shape index (κ3) is 4.24. The van der Waals surface area contributed by atoms with Crippen molar-refractivity contribution in [2.75, 3.05) is 4.72 Å². The molecule has 9 heteroatoms. The molecule has 0 aliphatic carbocycles. The standard InChI is InChI=1S/C19H13ClFNO5S/c20-15-11-12(21)9-10-16(15)27-18-14(19(23)24)7-4-8-17(18)28(25,26)22-13-5-2-1-3-6-13/h1-11,22H,(H,23,24). The van der Waals surface area contributed by atoms with Gasteiger partial charge < -0.3 is 9.84 Å². The monoisotopic (exact) mass is 421 g/mol. The van der Waals surface area contributed by atoms with Gasteiger partial charge in [0.2, 0.25) is 0 Å². The van der Waals surface area contributed by atoms with Crippen LogP contribution in [0.4, 0.5) is 10.1 Å². The van der Waals surface area contributed by atoms with Gasteiger partial charge in [-0.15, -0.1) is 0 Å². The Bertz CT molecular complexity index is 1140. The molecule has 0 saturated heterocycles. The van der Waals surface area contributed by atoms with Crippen molar-refractivity contribution < 1.29 is 27.4 Å². The summed E-state index contributed by atoms with van der Waals surface area (Å²) in [6.45, 7) is 0. The first-order valence-electron chi connectivity index (χ1n) is 7.85. The Morgan fingerprint density at radius 1 is 1.04 bits per heavy atom. The van der Waals surface area contributed by atoms with Gasteiger partial charge in [-0.3, -0.25) is 4.72 Å². The number of sulfonamides is 1. The number of benzene rings is 3. The number of ether oxygens (including phenoxy) is 1. The van der Waals surface area contributed by atoms with E-state index in [-0.39, 0.29) is 16.5 Å². The zero-order valence-corrected chi connectivity index (χ0v) is 15.7. The largest absolute Gasteiger partial charge is 0.478 e. The smallest absolute Gasteiger partial charge is 0.339 e. The second kappa shape index (κ2) is 7.87. The number of halogens is 2. The molecule has 2 N–H and O–H groups in total. The molecule has 0 aliphatic rings. The number of hydrogen-bond acceptors (Lipinski definition) is 4. The van der Waals surface area contributed by atoms with Crippen LogP contribution in [-0.2, 0) is 10.0 Å². The fourth-order valence-electron chi connectivity index (χ4n) is 2.39. The molecule has 0 amide bonds. The first kappa shape index (κ1) is 19.7. The van der Waals surface area contributed by atoms with Crippen LogP contribution >= 0.6 is 11.6 Å². The van der Waals surface area contributed by atoms with Crippen molar-refractivity contribution in [3.63, 3.8) is 0 Å². The van der Waals surface area contributed by atoms with Gasteiger partial charge in [-0.2, -0.15) is 0 Å². The maximum atomic E-state index is 13.3. The lowest BCUT2D eigenvalue weighted by Gasteiger charge is -2.16. The highest BCUT2D eigenvalue weighted by Crippen LogP contribution is 2.36. The van der Waals surface area contributed by atoms with E-state index in [0.29, 0.717) is 0 Å². The highest BCUT2D eigenvalue weighted by atomic mass is 35.5. The summed E-state index contributed by atoms with van der Waals surface area (Å²) in [4.78, 5) is 11.2. The summed E-state index contributed by atoms with van der Waals surface area (Å²) in [6.07, 6.45) is 0. The Hall–Kier alpha value is -3.10. The second-order valence-corrected chi connectivity index (χ2v) is 7.64. The van der Waals surface area contributed by atoms with E-state index in [1.54, 1.807) is 18.2 Å². The number of para-hydroxylation sites is 2. The summed E-state index contributed by atoms with van der Waals surface area (Å²) in [7, 11) is -4.20. The molecule has 3 aromatic rings. The molecule has 0 bridgehead atoms. The van der Waals surface area contributed by atoms with Gasteiger partial charge in [-0.1, -0.05) is 35.9 Å². The highest BCUT2D eigenvalue weighted by Gasteiger charge is 2.26. The van der Waals surface area contributed by atoms with E-state index in [1.165, 1.54) is 36.4 Å². The minimum absolute atomic E-state index is 0.0899. The summed E-state index contributed by atoms with van der Waals surface area (Å²) in [6, 6.07) is 14.9. The van der Waals surface area contributed by atoms with E-state index in [0.717, 1.165) is 12.1 Å². The van der Waals surface area contributed by atoms with Crippen LogP contribution in [0.5, 0.6) is 11.5 Å². The van der Waals surface area contributed by atoms with Crippen molar-refractivity contribution in [3.05, 3.63) is 83.1 Å². The van der Waals surface area contributed by atoms with Gasteiger partial charge >= 0.3 is 5.97 Å². The predicted molar refractivity (Wildman–Crippen MR) is 102 cm³/mol. The molecule has 0 radical (unpaired) electrons. The van der Waals surface area contributed by atoms with E-state index in [9.17, 15) is 22.7 Å². The number of hydrogen-bond donors (Lipinski definition) is 2. The average Bonchev–Trinajstić information content (AvgIpc) is 2.64. The number of aromatic carboxylic acids is 1. The molecule has 3 aromatic carbocycles. The van der Waals surface area contributed by atoms with Crippen molar-refractivity contribution in [1.29, 1.82) is 0 Å². The molecule has 3 rings (SSSR count). The molecule has 0 spiro atoms. The fourth-order valence-corrected chi connectivity index (χ4v) is 3.80. The first-order chi connectivity index (χ1) is 13.3. The van der Waals surface area contributed by atoms with E-state index in [1.807, 2.05) is 0 Å². The maximum absolute atomic E-state index is 13.3. The molecule has 0 aromatic heterocycles. The van der Waals surface area contributed by atoms with Crippen LogP contribution in [0.2, 0.25) is 5.02 Å². The van der Waals surface area contributed by atoms with Gasteiger partial charge in [0.25, 0.3) is 10.0 Å². The Kier molecular flexibility index (Phi) is 5.53. The number of anilines is 1. The number of carboxylic acid groups (broad SMARTS) is 1. The average molecular weight is 422 g/mol. The molecule has 0 heterocycles. The summed E-state index contributed by atoms with van der Waals surface area (Å²) in [5, 5.41) is 9.31. The van der Waals surface area contributed by atoms with Gasteiger partial charge in [0.15, 0.2) is 5.75 Å². The fraction of sp³-hybridized carbons (Fsp3) is 0. The van der Waals surface area contributed by atoms with Crippen molar-refractivity contribution in [2.45, 2.75) is 4.90 Å². The van der Waals surface area contributed by atoms with Gasteiger partial charge in [-0.25, -0.2) is 17.6 Å². The Balaban J connectivity index is 2.11. The third-order valence-electron chi connectivity index (χ3n) is 3.63. The lowest BCUT2D eigenvalue weighted by Crippen LogP contribution is -2.15. The van der Waals surface area contributed by atoms with Crippen molar-refractivity contribution in [1.82, 2.24) is 0 Å². The molecule has 144 valence electrons. The molecule has 0 saturated carbocycles. The number of nitrogens with one attached hydrogen (secondary N) is 1. The molecule has 28 heavy (non-hydrogen) atoms. The van der Waals surface area contributed by atoms with E-state index >= 15 is 0 Å². The number of carbonyl (C=O) groups is 1. The Labute approximate surface area is 165 Å². The normalized spacial score (nSPS) is 11.1. The summed E-state index contributed by atoms with van der Waals surface area (Å²) in [5.74, 6) is -2.55. The molecule has 0 aliphatic heterocycles. The summed E-state index contributed by atoms with van der Waals surface area (Å²) < 4.78 is 46.8. The minimum Gasteiger partial charge on any atom is -0.478 e. The first-order valence-corrected chi connectivity index (χ1v) is 9.71. The quantitative estimate of drug-likeness (QED) is 0.598. The lowest BCUT2D eigenvalue weighted by molar-refractivity contribution is 0.0693. The molecule has 6 nitrogen and oxygen atoms in total. The summed E-state index contributed by atoms with van der Waals surface area (Å²) in [5.41, 5.74) is -0.106. The topological polar surface area (TPSA) is 92.7 Å². The van der Waals surface area contributed by atoms with Gasteiger partial charge in [0.05, 0.1) is 5.02 Å². The van der Waals surface area contributed by atoms with Crippen molar-refractivity contribution in [2.24, 2.45) is 0 Å². The van der Waals surface area contributed by atoms with Crippen LogP contribution < -0.4 is 9.46 Å². The van der Waals surface area contributed by atoms with E-state index < -0.39 is 38.0 Å². The van der Waals surface area contributed by atoms with Gasteiger partial charge in [0.1, 0.15) is 22.0 Å². The molecular weight excluding hydrogens is 409 g/mol. The van der Waals surface area contributed by atoms with Crippen LogP contribution in [0.1, 0.15) is 10.4 Å². The zero-order chi connectivity index (χ0) is 20.3. The summed E-state index contributed by atoms with van der Waals surface area (Å²) >= 11 is 5.93. The lowest BCUT2D eigenvalue weighted by atomic mass is 10.2. The van der Waals surface area contributed by atoms with Crippen LogP contribution in [0.25, 0.3) is 0 Å². The van der Waals surface area contributed by atoms with Crippen molar-refractivity contribution in [3.8, 4) is 11.5 Å². The van der Waals surface area contributed by atoms with E-state index in [4.69, 9.17) is 16.3 Å². The van der Waals surface area contributed by atoms with Crippen LogP contribution in [0.3, 0.4) is 0 Å². The Morgan fingerprint density at radius 2 is 1.75 bits per heavy atom. The van der Waals surface area contributed by atoms with Crippen LogP contribution in [0, 0.1) is 5.82 Å². The molecular formula is C19H13ClFNO5S. The third-order valence-corrected chi connectivity index (χ3v) is 5.33.